The minimum absolute atomic E-state index is 0.178. The Kier molecular flexibility index (Phi) is 4.15. The number of aryl methyl sites for hydroxylation is 3. The lowest BCUT2D eigenvalue weighted by atomic mass is 9.94. The van der Waals surface area contributed by atoms with Gasteiger partial charge in [-0.3, -0.25) is 4.79 Å². The Bertz CT molecular complexity index is 425. The van der Waals surface area contributed by atoms with Gasteiger partial charge in [-0.2, -0.15) is 0 Å². The molecule has 1 aromatic rings. The molecule has 98 valence electrons. The van der Waals surface area contributed by atoms with Crippen LogP contribution in [0.15, 0.2) is 12.1 Å². The van der Waals surface area contributed by atoms with Gasteiger partial charge in [0.25, 0.3) is 0 Å². The molecule has 18 heavy (non-hydrogen) atoms. The summed E-state index contributed by atoms with van der Waals surface area (Å²) < 4.78 is 5.50. The van der Waals surface area contributed by atoms with Crippen molar-refractivity contribution in [2.24, 2.45) is 0 Å². The highest BCUT2D eigenvalue weighted by Gasteiger charge is 2.22. The van der Waals surface area contributed by atoms with Gasteiger partial charge in [-0.05, 0) is 37.5 Å². The van der Waals surface area contributed by atoms with E-state index in [0.717, 1.165) is 12.1 Å². The van der Waals surface area contributed by atoms with Crippen LogP contribution in [-0.2, 0) is 16.0 Å². The number of rotatable bonds is 3. The minimum Gasteiger partial charge on any atom is -0.368 e. The summed E-state index contributed by atoms with van der Waals surface area (Å²) in [6.07, 6.45) is 0.198. The largest absolute Gasteiger partial charge is 0.368 e. The number of morpholine rings is 1. The second-order valence-electron chi connectivity index (χ2n) is 5.08. The van der Waals surface area contributed by atoms with Crippen molar-refractivity contribution in [2.75, 3.05) is 19.7 Å². The summed E-state index contributed by atoms with van der Waals surface area (Å²) in [7, 11) is 0. The number of ether oxygens (including phenoxy) is 1. The lowest BCUT2D eigenvalue weighted by Gasteiger charge is -2.23. The molecule has 0 bridgehead atoms. The van der Waals surface area contributed by atoms with Gasteiger partial charge in [0.1, 0.15) is 6.10 Å². The third-order valence-electron chi connectivity index (χ3n) is 3.48. The molecular formula is C15H21NO2. The van der Waals surface area contributed by atoms with Gasteiger partial charge < -0.3 is 10.1 Å². The first kappa shape index (κ1) is 13.2. The van der Waals surface area contributed by atoms with Gasteiger partial charge in [0, 0.05) is 19.5 Å². The van der Waals surface area contributed by atoms with Crippen molar-refractivity contribution in [1.29, 1.82) is 0 Å². The number of hydrogen-bond acceptors (Lipinski definition) is 3. The molecule has 1 N–H and O–H groups in total. The number of Topliss-reactive ketones (excluding diaryl/α,β-unsaturated/α-hetero) is 1. The van der Waals surface area contributed by atoms with Crippen LogP contribution in [0.2, 0.25) is 0 Å². The van der Waals surface area contributed by atoms with Crippen LogP contribution in [0.5, 0.6) is 0 Å². The third-order valence-corrected chi connectivity index (χ3v) is 3.48. The summed E-state index contributed by atoms with van der Waals surface area (Å²) >= 11 is 0. The zero-order valence-corrected chi connectivity index (χ0v) is 11.4. The average Bonchev–Trinajstić information content (AvgIpc) is 2.34. The quantitative estimate of drug-likeness (QED) is 0.883. The standard InChI is InChI=1S/C15H21NO2/c1-10-6-11(2)13(12(3)7-10)8-14(17)15-9-16-4-5-18-15/h6-7,15-16H,4-5,8-9H2,1-3H3. The van der Waals surface area contributed by atoms with E-state index in [2.05, 4.69) is 38.2 Å². The second kappa shape index (κ2) is 5.63. The van der Waals surface area contributed by atoms with Gasteiger partial charge in [-0.1, -0.05) is 17.7 Å². The maximum Gasteiger partial charge on any atom is 0.167 e. The predicted octanol–water partition coefficient (Wildman–Crippen LogP) is 1.71. The molecule has 1 atom stereocenters. The van der Waals surface area contributed by atoms with Crippen LogP contribution in [-0.4, -0.2) is 31.6 Å². The molecule has 0 aromatic heterocycles. The summed E-state index contributed by atoms with van der Waals surface area (Å²) in [6.45, 7) is 8.34. The molecule has 1 heterocycles. The first-order valence-electron chi connectivity index (χ1n) is 6.49. The zero-order valence-electron chi connectivity index (χ0n) is 11.4. The fourth-order valence-electron chi connectivity index (χ4n) is 2.55. The van der Waals surface area contributed by atoms with Crippen molar-refractivity contribution in [3.05, 3.63) is 34.4 Å². The fraction of sp³-hybridized carbons (Fsp3) is 0.533. The van der Waals surface area contributed by atoms with Gasteiger partial charge in [0.15, 0.2) is 5.78 Å². The number of benzene rings is 1. The Labute approximate surface area is 109 Å². The number of carbonyl (C=O) groups is 1. The SMILES string of the molecule is Cc1cc(C)c(CC(=O)C2CNCCO2)c(C)c1. The number of hydrogen-bond donors (Lipinski definition) is 1. The van der Waals surface area contributed by atoms with Crippen LogP contribution in [0, 0.1) is 20.8 Å². The van der Waals surface area contributed by atoms with E-state index in [0.29, 0.717) is 19.6 Å². The molecule has 0 aliphatic carbocycles. The smallest absolute Gasteiger partial charge is 0.167 e. The lowest BCUT2D eigenvalue weighted by Crippen LogP contribution is -2.43. The molecule has 1 saturated heterocycles. The monoisotopic (exact) mass is 247 g/mol. The van der Waals surface area contributed by atoms with Gasteiger partial charge in [0.2, 0.25) is 0 Å². The molecule has 3 heteroatoms. The van der Waals surface area contributed by atoms with Gasteiger partial charge in [0.05, 0.1) is 6.61 Å². The highest BCUT2D eigenvalue weighted by atomic mass is 16.5. The predicted molar refractivity (Wildman–Crippen MR) is 72.0 cm³/mol. The highest BCUT2D eigenvalue weighted by molar-refractivity contribution is 5.86. The summed E-state index contributed by atoms with van der Waals surface area (Å²) in [5, 5.41) is 3.19. The van der Waals surface area contributed by atoms with E-state index >= 15 is 0 Å². The van der Waals surface area contributed by atoms with Crippen LogP contribution >= 0.6 is 0 Å². The maximum atomic E-state index is 12.2. The number of carbonyl (C=O) groups excluding carboxylic acids is 1. The minimum atomic E-state index is -0.279. The third kappa shape index (κ3) is 2.98. The van der Waals surface area contributed by atoms with Crippen LogP contribution < -0.4 is 5.32 Å². The number of nitrogens with one attached hydrogen (secondary N) is 1. The normalized spacial score (nSPS) is 19.8. The Morgan fingerprint density at radius 1 is 1.33 bits per heavy atom. The van der Waals surface area contributed by atoms with Crippen molar-refractivity contribution in [3.8, 4) is 0 Å². The molecule has 1 unspecified atom stereocenters. The van der Waals surface area contributed by atoms with E-state index in [9.17, 15) is 4.79 Å². The van der Waals surface area contributed by atoms with E-state index in [1.54, 1.807) is 0 Å². The average molecular weight is 247 g/mol. The van der Waals surface area contributed by atoms with E-state index in [4.69, 9.17) is 4.74 Å². The van der Waals surface area contributed by atoms with Crippen LogP contribution in [0.25, 0.3) is 0 Å². The fourth-order valence-corrected chi connectivity index (χ4v) is 2.55. The molecule has 1 aliphatic heterocycles. The zero-order chi connectivity index (χ0) is 13.1. The van der Waals surface area contributed by atoms with E-state index in [1.165, 1.54) is 16.7 Å². The molecule has 1 aromatic carbocycles. The number of ketones is 1. The first-order valence-corrected chi connectivity index (χ1v) is 6.49. The molecule has 3 nitrogen and oxygen atoms in total. The van der Waals surface area contributed by atoms with Gasteiger partial charge in [-0.15, -0.1) is 0 Å². The Morgan fingerprint density at radius 2 is 2.00 bits per heavy atom. The summed E-state index contributed by atoms with van der Waals surface area (Å²) in [6, 6.07) is 4.27. The van der Waals surface area contributed by atoms with E-state index < -0.39 is 0 Å². The Morgan fingerprint density at radius 3 is 2.56 bits per heavy atom. The molecule has 0 saturated carbocycles. The van der Waals surface area contributed by atoms with E-state index in [-0.39, 0.29) is 11.9 Å². The molecule has 1 aliphatic rings. The van der Waals surface area contributed by atoms with Crippen molar-refractivity contribution >= 4 is 5.78 Å². The summed E-state index contributed by atoms with van der Waals surface area (Å²) in [5.41, 5.74) is 4.80. The highest BCUT2D eigenvalue weighted by Crippen LogP contribution is 2.18. The first-order chi connectivity index (χ1) is 8.58. The van der Waals surface area contributed by atoms with Crippen LogP contribution in [0.4, 0.5) is 0 Å². The van der Waals surface area contributed by atoms with Gasteiger partial charge >= 0.3 is 0 Å². The van der Waals surface area contributed by atoms with Crippen LogP contribution in [0.1, 0.15) is 22.3 Å². The van der Waals surface area contributed by atoms with Crippen molar-refractivity contribution in [3.63, 3.8) is 0 Å². The topological polar surface area (TPSA) is 38.3 Å². The lowest BCUT2D eigenvalue weighted by molar-refractivity contribution is -0.131. The molecule has 0 amide bonds. The van der Waals surface area contributed by atoms with Crippen molar-refractivity contribution in [2.45, 2.75) is 33.3 Å². The van der Waals surface area contributed by atoms with Gasteiger partial charge in [-0.25, -0.2) is 0 Å². The van der Waals surface area contributed by atoms with Crippen molar-refractivity contribution < 1.29 is 9.53 Å². The molecule has 0 spiro atoms. The molecule has 2 rings (SSSR count). The Hall–Kier alpha value is -1.19. The Balaban J connectivity index is 2.11. The second-order valence-corrected chi connectivity index (χ2v) is 5.08. The van der Waals surface area contributed by atoms with Crippen molar-refractivity contribution in [1.82, 2.24) is 5.32 Å². The maximum absolute atomic E-state index is 12.2. The summed E-state index contributed by atoms with van der Waals surface area (Å²) in [4.78, 5) is 12.2. The van der Waals surface area contributed by atoms with Crippen LogP contribution in [0.3, 0.4) is 0 Å². The molecule has 1 fully saturated rings. The van der Waals surface area contributed by atoms with E-state index in [1.807, 2.05) is 0 Å². The molecule has 0 radical (unpaired) electrons. The summed E-state index contributed by atoms with van der Waals surface area (Å²) in [5.74, 6) is 0.178. The molecular weight excluding hydrogens is 226 g/mol.